The first-order chi connectivity index (χ1) is 8.83. The molecular formula is C12H12F3NO2S. The van der Waals surface area contributed by atoms with E-state index in [2.05, 4.69) is 4.74 Å². The van der Waals surface area contributed by atoms with Crippen LogP contribution in [0.15, 0.2) is 23.1 Å². The molecule has 1 N–H and O–H groups in total. The first-order valence-electron chi connectivity index (χ1n) is 5.66. The normalized spacial score (nSPS) is 22.4. The highest BCUT2D eigenvalue weighted by Gasteiger charge is 2.34. The van der Waals surface area contributed by atoms with Crippen molar-refractivity contribution in [2.45, 2.75) is 29.7 Å². The lowest BCUT2D eigenvalue weighted by molar-refractivity contribution is -0.153. The van der Waals surface area contributed by atoms with Gasteiger partial charge < -0.3 is 10.1 Å². The van der Waals surface area contributed by atoms with E-state index in [-0.39, 0.29) is 16.7 Å². The van der Waals surface area contributed by atoms with E-state index in [0.717, 1.165) is 0 Å². The third-order valence-electron chi connectivity index (χ3n) is 2.81. The van der Waals surface area contributed by atoms with E-state index in [1.54, 1.807) is 0 Å². The van der Waals surface area contributed by atoms with Crippen LogP contribution >= 0.6 is 0 Å². The van der Waals surface area contributed by atoms with E-state index in [1.165, 1.54) is 18.2 Å². The summed E-state index contributed by atoms with van der Waals surface area (Å²) in [5, 5.41) is 7.49. The van der Waals surface area contributed by atoms with Gasteiger partial charge in [-0.2, -0.15) is 13.2 Å². The maximum Gasteiger partial charge on any atom is 0.422 e. The van der Waals surface area contributed by atoms with Crippen LogP contribution in [0.2, 0.25) is 0 Å². The van der Waals surface area contributed by atoms with Crippen molar-refractivity contribution in [3.63, 3.8) is 0 Å². The van der Waals surface area contributed by atoms with Gasteiger partial charge in [0.15, 0.2) is 6.61 Å². The van der Waals surface area contributed by atoms with Crippen molar-refractivity contribution in [3.8, 4) is 5.75 Å². The molecule has 1 aliphatic rings. The lowest BCUT2D eigenvalue weighted by Crippen LogP contribution is -2.19. The van der Waals surface area contributed by atoms with Crippen molar-refractivity contribution in [1.82, 2.24) is 0 Å². The summed E-state index contributed by atoms with van der Waals surface area (Å²) in [6, 6.07) is 4.20. The largest absolute Gasteiger partial charge is 0.484 e. The number of halogens is 3. The van der Waals surface area contributed by atoms with E-state index >= 15 is 0 Å². The van der Waals surface area contributed by atoms with Crippen LogP contribution in [0, 0.1) is 5.41 Å². The van der Waals surface area contributed by atoms with Gasteiger partial charge in [-0.25, -0.2) is 0 Å². The molecule has 1 aromatic rings. The molecule has 1 aliphatic heterocycles. The number of hydrogen-bond donors (Lipinski definition) is 1. The van der Waals surface area contributed by atoms with E-state index in [4.69, 9.17) is 5.41 Å². The molecular weight excluding hydrogens is 279 g/mol. The molecule has 0 radical (unpaired) electrons. The number of alkyl halides is 3. The van der Waals surface area contributed by atoms with Crippen LogP contribution in [0.5, 0.6) is 5.75 Å². The van der Waals surface area contributed by atoms with Gasteiger partial charge in [0.05, 0.1) is 26.7 Å². The molecule has 0 spiro atoms. The summed E-state index contributed by atoms with van der Waals surface area (Å²) >= 11 is 0. The molecule has 0 saturated heterocycles. The molecule has 3 nitrogen and oxygen atoms in total. The lowest BCUT2D eigenvalue weighted by Gasteiger charge is -2.09. The fourth-order valence-electron chi connectivity index (χ4n) is 1.94. The van der Waals surface area contributed by atoms with Crippen molar-refractivity contribution in [3.05, 3.63) is 23.8 Å². The van der Waals surface area contributed by atoms with Gasteiger partial charge in [0, 0.05) is 5.56 Å². The summed E-state index contributed by atoms with van der Waals surface area (Å²) in [6.07, 6.45) is -3.85. The van der Waals surface area contributed by atoms with Gasteiger partial charge in [-0.15, -0.1) is 0 Å². The number of ether oxygens (including phenoxy) is 1. The van der Waals surface area contributed by atoms with E-state index < -0.39 is 23.6 Å². The van der Waals surface area contributed by atoms with Gasteiger partial charge in [0.2, 0.25) is 0 Å². The average molecular weight is 291 g/mol. The smallest absolute Gasteiger partial charge is 0.422 e. The lowest BCUT2D eigenvalue weighted by atomic mass is 10.1. The van der Waals surface area contributed by atoms with Crippen LogP contribution in [-0.4, -0.2) is 28.0 Å². The van der Waals surface area contributed by atoms with Gasteiger partial charge in [0.1, 0.15) is 5.75 Å². The molecule has 0 saturated carbocycles. The van der Waals surface area contributed by atoms with Gasteiger partial charge in [0.25, 0.3) is 0 Å². The summed E-state index contributed by atoms with van der Waals surface area (Å²) in [6.45, 7) is 0.442. The molecule has 1 aromatic carbocycles. The third-order valence-corrected chi connectivity index (χ3v) is 4.67. The van der Waals surface area contributed by atoms with Gasteiger partial charge in [-0.05, 0) is 24.6 Å². The second kappa shape index (κ2) is 4.96. The standard InChI is InChI=1S/C12H12F3NO2S/c1-2-9-11(16)8-4-3-7(5-10(8)19(9)17)18-6-12(13,14)15/h3-5,9,16H,2,6H2,1H3/t9-,19-/m0/s1. The van der Waals surface area contributed by atoms with Crippen molar-refractivity contribution in [2.24, 2.45) is 0 Å². The van der Waals surface area contributed by atoms with Crippen molar-refractivity contribution in [1.29, 1.82) is 5.41 Å². The molecule has 0 aromatic heterocycles. The van der Waals surface area contributed by atoms with Crippen molar-refractivity contribution in [2.75, 3.05) is 6.61 Å². The fraction of sp³-hybridized carbons (Fsp3) is 0.417. The maximum atomic E-state index is 12.1. The number of fused-ring (bicyclic) bond motifs is 1. The second-order valence-corrected chi connectivity index (χ2v) is 5.77. The Labute approximate surface area is 110 Å². The zero-order chi connectivity index (χ0) is 14.2. The quantitative estimate of drug-likeness (QED) is 0.931. The number of benzene rings is 1. The van der Waals surface area contributed by atoms with Crippen LogP contribution < -0.4 is 4.74 Å². The highest BCUT2D eigenvalue weighted by Crippen LogP contribution is 2.32. The first-order valence-corrected chi connectivity index (χ1v) is 6.87. The summed E-state index contributed by atoms with van der Waals surface area (Å²) in [4.78, 5) is 0.386. The summed E-state index contributed by atoms with van der Waals surface area (Å²) in [5.41, 5.74) is 0.808. The number of nitrogens with one attached hydrogen (secondary N) is 1. The minimum atomic E-state index is -4.41. The molecule has 1 heterocycles. The molecule has 0 bridgehead atoms. The van der Waals surface area contributed by atoms with Gasteiger partial charge in [-0.3, -0.25) is 4.21 Å². The molecule has 0 amide bonds. The Morgan fingerprint density at radius 2 is 2.11 bits per heavy atom. The zero-order valence-electron chi connectivity index (χ0n) is 10.1. The predicted molar refractivity (Wildman–Crippen MR) is 65.3 cm³/mol. The number of rotatable bonds is 3. The first kappa shape index (κ1) is 14.0. The monoisotopic (exact) mass is 291 g/mol. The number of hydrogen-bond acceptors (Lipinski definition) is 3. The van der Waals surface area contributed by atoms with E-state index in [1.807, 2.05) is 6.92 Å². The Morgan fingerprint density at radius 1 is 1.42 bits per heavy atom. The minimum absolute atomic E-state index is 0.0222. The summed E-state index contributed by atoms with van der Waals surface area (Å²) < 4.78 is 52.9. The average Bonchev–Trinajstić information content (AvgIpc) is 2.58. The molecule has 7 heteroatoms. The highest BCUT2D eigenvalue weighted by atomic mass is 32.2. The van der Waals surface area contributed by atoms with Gasteiger partial charge >= 0.3 is 6.18 Å². The molecule has 104 valence electrons. The topological polar surface area (TPSA) is 50.1 Å². The maximum absolute atomic E-state index is 12.1. The fourth-order valence-corrected chi connectivity index (χ4v) is 3.51. The van der Waals surface area contributed by atoms with E-state index in [0.29, 0.717) is 16.9 Å². The molecule has 2 rings (SSSR count). The van der Waals surface area contributed by atoms with Crippen molar-refractivity contribution < 1.29 is 22.1 Å². The van der Waals surface area contributed by atoms with Crippen LogP contribution in [0.25, 0.3) is 0 Å². The Balaban J connectivity index is 2.24. The molecule has 0 unspecified atom stereocenters. The van der Waals surface area contributed by atoms with Gasteiger partial charge in [-0.1, -0.05) is 6.92 Å². The predicted octanol–water partition coefficient (Wildman–Crippen LogP) is 2.90. The summed E-state index contributed by atoms with van der Waals surface area (Å²) in [7, 11) is -1.39. The minimum Gasteiger partial charge on any atom is -0.484 e. The second-order valence-electron chi connectivity index (χ2n) is 4.17. The third kappa shape index (κ3) is 2.80. The highest BCUT2D eigenvalue weighted by molar-refractivity contribution is 7.87. The van der Waals surface area contributed by atoms with Crippen LogP contribution in [0.4, 0.5) is 13.2 Å². The van der Waals surface area contributed by atoms with Crippen LogP contribution in [0.1, 0.15) is 18.9 Å². The zero-order valence-corrected chi connectivity index (χ0v) is 10.9. The Kier molecular flexibility index (Phi) is 3.66. The van der Waals surface area contributed by atoms with Crippen LogP contribution in [-0.2, 0) is 10.8 Å². The molecule has 19 heavy (non-hydrogen) atoms. The van der Waals surface area contributed by atoms with Crippen molar-refractivity contribution >= 4 is 16.5 Å². The van der Waals surface area contributed by atoms with E-state index in [9.17, 15) is 17.4 Å². The summed E-state index contributed by atoms with van der Waals surface area (Å²) in [5.74, 6) is 0.0222. The Bertz CT molecular complexity index is 542. The molecule has 2 atom stereocenters. The molecule has 0 aliphatic carbocycles. The SMILES string of the molecule is CC[C@H]1C(=N)c2ccc(OCC(F)(F)F)cc2[S@]1=O. The Morgan fingerprint density at radius 3 is 2.68 bits per heavy atom. The van der Waals surface area contributed by atoms with Crippen LogP contribution in [0.3, 0.4) is 0 Å². The molecule has 0 fully saturated rings. The Hall–Kier alpha value is -1.37.